The van der Waals surface area contributed by atoms with Crippen molar-refractivity contribution in [3.63, 3.8) is 0 Å². The summed E-state index contributed by atoms with van der Waals surface area (Å²) in [6, 6.07) is 3.30. The Kier molecular flexibility index (Phi) is 3.77. The van der Waals surface area contributed by atoms with E-state index in [1.54, 1.807) is 6.92 Å². The molecule has 0 bridgehead atoms. The van der Waals surface area contributed by atoms with Crippen molar-refractivity contribution in [3.05, 3.63) is 35.4 Å². The number of urea groups is 1. The molecule has 0 spiro atoms. The molecule has 1 aliphatic heterocycles. The fourth-order valence-corrected chi connectivity index (χ4v) is 3.30. The molecule has 7 heteroatoms. The van der Waals surface area contributed by atoms with Crippen LogP contribution in [0.15, 0.2) is 18.2 Å². The summed E-state index contributed by atoms with van der Waals surface area (Å²) in [5.74, 6) is -2.70. The fourth-order valence-electron chi connectivity index (χ4n) is 3.30. The van der Waals surface area contributed by atoms with Gasteiger partial charge in [0.1, 0.15) is 0 Å². The van der Waals surface area contributed by atoms with Crippen molar-refractivity contribution in [2.45, 2.75) is 38.1 Å². The summed E-state index contributed by atoms with van der Waals surface area (Å²) in [6.07, 6.45) is 1.05. The maximum Gasteiger partial charge on any atom is 0.317 e. The van der Waals surface area contributed by atoms with Gasteiger partial charge in [0, 0.05) is 24.5 Å². The van der Waals surface area contributed by atoms with Crippen LogP contribution in [0.25, 0.3) is 0 Å². The average Bonchev–Trinajstić information content (AvgIpc) is 2.98. The molecule has 2 N–H and O–H groups in total. The zero-order valence-corrected chi connectivity index (χ0v) is 13.6. The van der Waals surface area contributed by atoms with Crippen molar-refractivity contribution in [1.29, 1.82) is 0 Å². The van der Waals surface area contributed by atoms with Crippen molar-refractivity contribution >= 4 is 12.0 Å². The van der Waals surface area contributed by atoms with E-state index in [4.69, 9.17) is 0 Å². The van der Waals surface area contributed by atoms with E-state index in [9.17, 15) is 23.5 Å². The standard InChI is InChI=1S/C17H20F2N2O3/c1-16(14(22)23)5-6-21(9-16)15(24)20-13-8-17(13,2)10-3-4-11(18)12(19)7-10/h3-4,7,13H,5-6,8-9H2,1-2H3,(H,20,24)(H,22,23). The van der Waals surface area contributed by atoms with Crippen LogP contribution in [0.1, 0.15) is 32.3 Å². The number of carbonyl (C=O) groups is 2. The summed E-state index contributed by atoms with van der Waals surface area (Å²) in [5, 5.41) is 12.1. The zero-order chi connectivity index (χ0) is 17.7. The number of likely N-dealkylation sites (tertiary alicyclic amines) is 1. The van der Waals surface area contributed by atoms with Crippen molar-refractivity contribution in [2.75, 3.05) is 13.1 Å². The number of benzene rings is 1. The number of rotatable bonds is 3. The van der Waals surface area contributed by atoms with Crippen LogP contribution >= 0.6 is 0 Å². The van der Waals surface area contributed by atoms with Crippen LogP contribution in [-0.4, -0.2) is 41.1 Å². The summed E-state index contributed by atoms with van der Waals surface area (Å²) in [7, 11) is 0. The average molecular weight is 338 g/mol. The Morgan fingerprint density at radius 2 is 2.00 bits per heavy atom. The summed E-state index contributed by atoms with van der Waals surface area (Å²) >= 11 is 0. The summed E-state index contributed by atoms with van der Waals surface area (Å²) in [4.78, 5) is 25.1. The first-order chi connectivity index (χ1) is 11.2. The Morgan fingerprint density at radius 1 is 1.29 bits per heavy atom. The number of carboxylic acids is 1. The highest BCUT2D eigenvalue weighted by Gasteiger charge is 2.53. The fraction of sp³-hybridized carbons (Fsp3) is 0.529. The molecular formula is C17H20F2N2O3. The molecule has 1 saturated heterocycles. The Hall–Kier alpha value is -2.18. The van der Waals surface area contributed by atoms with Crippen LogP contribution in [0.3, 0.4) is 0 Å². The lowest BCUT2D eigenvalue weighted by Crippen LogP contribution is -2.43. The molecule has 0 aromatic heterocycles. The number of nitrogens with one attached hydrogen (secondary N) is 1. The van der Waals surface area contributed by atoms with Gasteiger partial charge >= 0.3 is 12.0 Å². The molecule has 5 nitrogen and oxygen atoms in total. The highest BCUT2D eigenvalue weighted by Crippen LogP contribution is 2.48. The predicted molar refractivity (Wildman–Crippen MR) is 82.6 cm³/mol. The molecule has 1 saturated carbocycles. The first-order valence-electron chi connectivity index (χ1n) is 7.90. The van der Waals surface area contributed by atoms with E-state index in [2.05, 4.69) is 5.32 Å². The van der Waals surface area contributed by atoms with Gasteiger partial charge in [0.15, 0.2) is 11.6 Å². The maximum absolute atomic E-state index is 13.4. The monoisotopic (exact) mass is 338 g/mol. The normalized spacial score (nSPS) is 31.8. The second-order valence-electron chi connectivity index (χ2n) is 7.29. The molecule has 1 aliphatic carbocycles. The molecule has 1 aromatic rings. The molecule has 2 amide bonds. The zero-order valence-electron chi connectivity index (χ0n) is 13.6. The number of halogens is 2. The highest BCUT2D eigenvalue weighted by atomic mass is 19.2. The number of aliphatic carboxylic acids is 1. The minimum absolute atomic E-state index is 0.169. The van der Waals surface area contributed by atoms with Crippen LogP contribution < -0.4 is 5.32 Å². The number of nitrogens with zero attached hydrogens (tertiary/aromatic N) is 1. The third-order valence-electron chi connectivity index (χ3n) is 5.39. The van der Waals surface area contributed by atoms with Crippen LogP contribution in [0, 0.1) is 17.0 Å². The van der Waals surface area contributed by atoms with Gasteiger partial charge in [0.25, 0.3) is 0 Å². The number of carbonyl (C=O) groups excluding carboxylic acids is 1. The molecule has 24 heavy (non-hydrogen) atoms. The van der Waals surface area contributed by atoms with Gasteiger partial charge in [-0.2, -0.15) is 0 Å². The summed E-state index contributed by atoms with van der Waals surface area (Å²) < 4.78 is 26.5. The van der Waals surface area contributed by atoms with Gasteiger partial charge in [-0.3, -0.25) is 4.79 Å². The van der Waals surface area contributed by atoms with Crippen molar-refractivity contribution in [3.8, 4) is 0 Å². The lowest BCUT2D eigenvalue weighted by atomic mass is 9.90. The summed E-state index contributed by atoms with van der Waals surface area (Å²) in [6.45, 7) is 4.08. The van der Waals surface area contributed by atoms with E-state index in [-0.39, 0.29) is 18.6 Å². The van der Waals surface area contributed by atoms with Crippen molar-refractivity contribution in [1.82, 2.24) is 10.2 Å². The van der Waals surface area contributed by atoms with Crippen LogP contribution in [-0.2, 0) is 10.2 Å². The van der Waals surface area contributed by atoms with E-state index >= 15 is 0 Å². The Morgan fingerprint density at radius 3 is 2.58 bits per heavy atom. The van der Waals surface area contributed by atoms with E-state index in [0.717, 1.165) is 6.07 Å². The second-order valence-corrected chi connectivity index (χ2v) is 7.29. The van der Waals surface area contributed by atoms with Crippen LogP contribution in [0.4, 0.5) is 13.6 Å². The SMILES string of the molecule is CC1(C(=O)O)CCN(C(=O)NC2CC2(C)c2ccc(F)c(F)c2)C1. The molecule has 3 unspecified atom stereocenters. The Bertz CT molecular complexity index is 711. The molecule has 3 rings (SSSR count). The van der Waals surface area contributed by atoms with Gasteiger partial charge in [-0.05, 0) is 37.5 Å². The van der Waals surface area contributed by atoms with Gasteiger partial charge < -0.3 is 15.3 Å². The van der Waals surface area contributed by atoms with Gasteiger partial charge in [-0.15, -0.1) is 0 Å². The van der Waals surface area contributed by atoms with E-state index in [1.165, 1.54) is 17.0 Å². The van der Waals surface area contributed by atoms with Crippen LogP contribution in [0.2, 0.25) is 0 Å². The van der Waals surface area contributed by atoms with Crippen molar-refractivity contribution < 1.29 is 23.5 Å². The van der Waals surface area contributed by atoms with Gasteiger partial charge in [-0.25, -0.2) is 13.6 Å². The minimum Gasteiger partial charge on any atom is -0.481 e. The number of amides is 2. The number of carboxylic acid groups (broad SMARTS) is 1. The highest BCUT2D eigenvalue weighted by molar-refractivity contribution is 5.80. The number of hydrogen-bond donors (Lipinski definition) is 2. The minimum atomic E-state index is -0.912. The first-order valence-corrected chi connectivity index (χ1v) is 7.90. The van der Waals surface area contributed by atoms with E-state index < -0.39 is 28.4 Å². The smallest absolute Gasteiger partial charge is 0.317 e. The van der Waals surface area contributed by atoms with Gasteiger partial charge in [-0.1, -0.05) is 13.0 Å². The quantitative estimate of drug-likeness (QED) is 0.890. The first kappa shape index (κ1) is 16.7. The number of hydrogen-bond acceptors (Lipinski definition) is 2. The van der Waals surface area contributed by atoms with Gasteiger partial charge in [0.2, 0.25) is 0 Å². The topological polar surface area (TPSA) is 69.6 Å². The molecular weight excluding hydrogens is 318 g/mol. The van der Waals surface area contributed by atoms with Crippen molar-refractivity contribution in [2.24, 2.45) is 5.41 Å². The molecule has 1 heterocycles. The molecule has 2 fully saturated rings. The molecule has 0 radical (unpaired) electrons. The lowest BCUT2D eigenvalue weighted by Gasteiger charge is -2.21. The Labute approximate surface area is 138 Å². The Balaban J connectivity index is 1.63. The van der Waals surface area contributed by atoms with E-state index in [1.807, 2.05) is 6.92 Å². The van der Waals surface area contributed by atoms with Gasteiger partial charge in [0.05, 0.1) is 5.41 Å². The molecule has 130 valence electrons. The third kappa shape index (κ3) is 2.72. The largest absolute Gasteiger partial charge is 0.481 e. The summed E-state index contributed by atoms with van der Waals surface area (Å²) in [5.41, 5.74) is -0.701. The predicted octanol–water partition coefficient (Wildman–Crippen LogP) is 2.50. The second kappa shape index (κ2) is 5.43. The molecule has 1 aromatic carbocycles. The van der Waals surface area contributed by atoms with E-state index in [0.29, 0.717) is 24.9 Å². The molecule has 2 aliphatic rings. The van der Waals surface area contributed by atoms with Crippen LogP contribution in [0.5, 0.6) is 0 Å². The lowest BCUT2D eigenvalue weighted by molar-refractivity contribution is -0.147. The third-order valence-corrected chi connectivity index (χ3v) is 5.39. The molecule has 3 atom stereocenters. The maximum atomic E-state index is 13.4.